The van der Waals surface area contributed by atoms with Gasteiger partial charge in [-0.1, -0.05) is 12.1 Å². The lowest BCUT2D eigenvalue weighted by atomic mass is 9.97. The van der Waals surface area contributed by atoms with E-state index in [-0.39, 0.29) is 36.5 Å². The van der Waals surface area contributed by atoms with Crippen LogP contribution < -0.4 is 0 Å². The number of carboxylic acids is 1. The molecule has 1 heterocycles. The summed E-state index contributed by atoms with van der Waals surface area (Å²) >= 11 is 0. The van der Waals surface area contributed by atoms with Gasteiger partial charge < -0.3 is 14.7 Å². The highest BCUT2D eigenvalue weighted by atomic mass is 19.1. The van der Waals surface area contributed by atoms with Gasteiger partial charge in [0.05, 0.1) is 6.42 Å². The molecule has 150 valence electrons. The molecule has 1 fully saturated rings. The van der Waals surface area contributed by atoms with Crippen LogP contribution in [0.25, 0.3) is 0 Å². The maximum Gasteiger partial charge on any atom is 0.410 e. The van der Waals surface area contributed by atoms with E-state index in [4.69, 9.17) is 4.74 Å². The number of hydrogen-bond acceptors (Lipinski definition) is 4. The maximum absolute atomic E-state index is 13.3. The molecule has 0 aromatic heterocycles. The van der Waals surface area contributed by atoms with Crippen molar-refractivity contribution in [2.75, 3.05) is 13.1 Å². The molecule has 3 atom stereocenters. The van der Waals surface area contributed by atoms with Crippen molar-refractivity contribution < 1.29 is 23.8 Å². The third-order valence-corrected chi connectivity index (χ3v) is 4.69. The van der Waals surface area contributed by atoms with E-state index in [1.807, 2.05) is 34.6 Å². The van der Waals surface area contributed by atoms with Crippen LogP contribution in [0.3, 0.4) is 0 Å². The average Bonchev–Trinajstić information content (AvgIpc) is 2.53. The Labute approximate surface area is 159 Å². The Hall–Kier alpha value is -2.15. The Kier molecular flexibility index (Phi) is 6.46. The Bertz CT molecular complexity index is 672. The first-order chi connectivity index (χ1) is 12.5. The predicted molar refractivity (Wildman–Crippen MR) is 100.0 cm³/mol. The number of rotatable bonds is 4. The summed E-state index contributed by atoms with van der Waals surface area (Å²) in [7, 11) is 0. The molecule has 0 bridgehead atoms. The fraction of sp³-hybridized carbons (Fsp3) is 0.600. The largest absolute Gasteiger partial charge is 0.481 e. The number of carbonyl (C=O) groups is 2. The van der Waals surface area contributed by atoms with Gasteiger partial charge in [0.15, 0.2) is 0 Å². The highest BCUT2D eigenvalue weighted by Crippen LogP contribution is 2.31. The van der Waals surface area contributed by atoms with E-state index in [0.29, 0.717) is 13.1 Å². The SMILES string of the molecule is C[C@@H]1CN(C(=O)OC(C)(C)C)[C@@H](C)CN1C(CC(=O)O)c1ccc(F)cc1. The first-order valence-corrected chi connectivity index (χ1v) is 9.20. The van der Waals surface area contributed by atoms with Crippen molar-refractivity contribution in [3.8, 4) is 0 Å². The van der Waals surface area contributed by atoms with Crippen LogP contribution in [0.15, 0.2) is 24.3 Å². The lowest BCUT2D eigenvalue weighted by Crippen LogP contribution is -2.59. The molecule has 1 aromatic rings. The van der Waals surface area contributed by atoms with Crippen LogP contribution in [0.2, 0.25) is 0 Å². The van der Waals surface area contributed by atoms with Crippen LogP contribution in [0.1, 0.15) is 52.6 Å². The van der Waals surface area contributed by atoms with Crippen molar-refractivity contribution in [3.63, 3.8) is 0 Å². The standard InChI is InChI=1S/C20H29FN2O4/c1-13-12-23(19(26)27-20(3,4)5)14(2)11-22(13)17(10-18(24)25)15-6-8-16(21)9-7-15/h6-9,13-14,17H,10-12H2,1-5H3,(H,24,25)/t13-,14+,17?/m1/s1. The van der Waals surface area contributed by atoms with Gasteiger partial charge in [0.25, 0.3) is 0 Å². The van der Waals surface area contributed by atoms with Crippen LogP contribution in [-0.4, -0.2) is 57.7 Å². The molecule has 2 rings (SSSR count). The smallest absolute Gasteiger partial charge is 0.410 e. The van der Waals surface area contributed by atoms with E-state index < -0.39 is 11.6 Å². The molecule has 0 radical (unpaired) electrons. The second-order valence-electron chi connectivity index (χ2n) is 8.19. The summed E-state index contributed by atoms with van der Waals surface area (Å²) in [6.45, 7) is 10.3. The van der Waals surface area contributed by atoms with Gasteiger partial charge in [0.2, 0.25) is 0 Å². The summed E-state index contributed by atoms with van der Waals surface area (Å²) in [5.41, 5.74) is 0.181. The van der Waals surface area contributed by atoms with Crippen molar-refractivity contribution in [3.05, 3.63) is 35.6 Å². The van der Waals surface area contributed by atoms with Crippen LogP contribution in [-0.2, 0) is 9.53 Å². The minimum Gasteiger partial charge on any atom is -0.481 e. The monoisotopic (exact) mass is 380 g/mol. The van der Waals surface area contributed by atoms with Gasteiger partial charge in [-0.3, -0.25) is 9.69 Å². The molecule has 1 aliphatic rings. The number of nitrogens with zero attached hydrogens (tertiary/aromatic N) is 2. The Morgan fingerprint density at radius 3 is 2.30 bits per heavy atom. The molecular weight excluding hydrogens is 351 g/mol. The second-order valence-corrected chi connectivity index (χ2v) is 8.19. The van der Waals surface area contributed by atoms with Gasteiger partial charge in [0.1, 0.15) is 11.4 Å². The number of piperazine rings is 1. The molecule has 27 heavy (non-hydrogen) atoms. The van der Waals surface area contributed by atoms with E-state index in [1.54, 1.807) is 17.0 Å². The summed E-state index contributed by atoms with van der Waals surface area (Å²) in [5, 5.41) is 9.37. The molecule has 1 amide bonds. The van der Waals surface area contributed by atoms with Gasteiger partial charge >= 0.3 is 12.1 Å². The molecule has 1 unspecified atom stereocenters. The number of hydrogen-bond donors (Lipinski definition) is 1. The first-order valence-electron chi connectivity index (χ1n) is 9.20. The van der Waals surface area contributed by atoms with Crippen molar-refractivity contribution in [1.82, 2.24) is 9.80 Å². The highest BCUT2D eigenvalue weighted by molar-refractivity contribution is 5.69. The lowest BCUT2D eigenvalue weighted by Gasteiger charge is -2.47. The van der Waals surface area contributed by atoms with Gasteiger partial charge in [-0.25, -0.2) is 9.18 Å². The fourth-order valence-electron chi connectivity index (χ4n) is 3.44. The minimum atomic E-state index is -0.918. The number of halogens is 1. The second kappa shape index (κ2) is 8.25. The summed E-state index contributed by atoms with van der Waals surface area (Å²) in [4.78, 5) is 27.7. The van der Waals surface area contributed by atoms with E-state index in [1.165, 1.54) is 12.1 Å². The third kappa shape index (κ3) is 5.66. The number of benzene rings is 1. The molecule has 1 aliphatic heterocycles. The lowest BCUT2D eigenvalue weighted by molar-refractivity contribution is -0.139. The molecule has 7 heteroatoms. The summed E-state index contributed by atoms with van der Waals surface area (Å²) in [5.74, 6) is -1.28. The number of amides is 1. The summed E-state index contributed by atoms with van der Waals surface area (Å²) < 4.78 is 18.8. The molecule has 0 spiro atoms. The quantitative estimate of drug-likeness (QED) is 0.863. The van der Waals surface area contributed by atoms with Gasteiger partial charge in [-0.05, 0) is 52.3 Å². The Morgan fingerprint density at radius 2 is 1.78 bits per heavy atom. The van der Waals surface area contributed by atoms with Gasteiger partial charge in [0, 0.05) is 31.2 Å². The summed E-state index contributed by atoms with van der Waals surface area (Å²) in [6.07, 6.45) is -0.451. The number of ether oxygens (including phenoxy) is 1. The molecule has 1 saturated heterocycles. The minimum absolute atomic E-state index is 0.0666. The first kappa shape index (κ1) is 21.2. The van der Waals surface area contributed by atoms with Crippen molar-refractivity contribution in [2.24, 2.45) is 0 Å². The molecule has 6 nitrogen and oxygen atoms in total. The maximum atomic E-state index is 13.3. The molecular formula is C20H29FN2O4. The van der Waals surface area contributed by atoms with E-state index in [2.05, 4.69) is 4.90 Å². The third-order valence-electron chi connectivity index (χ3n) is 4.69. The van der Waals surface area contributed by atoms with Crippen molar-refractivity contribution >= 4 is 12.1 Å². The number of aliphatic carboxylic acids is 1. The molecule has 0 saturated carbocycles. The van der Waals surface area contributed by atoms with Crippen molar-refractivity contribution in [1.29, 1.82) is 0 Å². The fourth-order valence-corrected chi connectivity index (χ4v) is 3.44. The van der Waals surface area contributed by atoms with Crippen LogP contribution in [0.4, 0.5) is 9.18 Å². The van der Waals surface area contributed by atoms with Gasteiger partial charge in [-0.2, -0.15) is 0 Å². The topological polar surface area (TPSA) is 70.1 Å². The highest BCUT2D eigenvalue weighted by Gasteiger charge is 2.38. The zero-order valence-electron chi connectivity index (χ0n) is 16.6. The van der Waals surface area contributed by atoms with E-state index >= 15 is 0 Å². The summed E-state index contributed by atoms with van der Waals surface area (Å²) in [6, 6.07) is 5.35. The number of carbonyl (C=O) groups excluding carboxylic acids is 1. The molecule has 1 N–H and O–H groups in total. The van der Waals surface area contributed by atoms with Crippen LogP contribution >= 0.6 is 0 Å². The van der Waals surface area contributed by atoms with Crippen LogP contribution in [0, 0.1) is 5.82 Å². The Morgan fingerprint density at radius 1 is 1.19 bits per heavy atom. The predicted octanol–water partition coefficient (Wildman–Crippen LogP) is 3.67. The van der Waals surface area contributed by atoms with E-state index in [0.717, 1.165) is 5.56 Å². The van der Waals surface area contributed by atoms with E-state index in [9.17, 15) is 19.1 Å². The van der Waals surface area contributed by atoms with Crippen molar-refractivity contribution in [2.45, 2.75) is 64.8 Å². The Balaban J connectivity index is 2.20. The molecule has 0 aliphatic carbocycles. The zero-order chi connectivity index (χ0) is 20.4. The zero-order valence-corrected chi connectivity index (χ0v) is 16.6. The van der Waals surface area contributed by atoms with Gasteiger partial charge in [-0.15, -0.1) is 0 Å². The average molecular weight is 380 g/mol. The normalized spacial score (nSPS) is 22.4. The van der Waals surface area contributed by atoms with Crippen LogP contribution in [0.5, 0.6) is 0 Å². The number of carboxylic acid groups (broad SMARTS) is 1. The molecule has 1 aromatic carbocycles.